The van der Waals surface area contributed by atoms with E-state index in [0.29, 0.717) is 0 Å². The van der Waals surface area contributed by atoms with Crippen molar-refractivity contribution in [1.82, 2.24) is 0 Å². The van der Waals surface area contributed by atoms with Crippen molar-refractivity contribution in [2.24, 2.45) is 0 Å². The van der Waals surface area contributed by atoms with E-state index < -0.39 is 20.8 Å². The summed E-state index contributed by atoms with van der Waals surface area (Å²) in [7, 11) is -10.2. The van der Waals surface area contributed by atoms with Gasteiger partial charge in [0.25, 0.3) is 0 Å². The fourth-order valence-corrected chi connectivity index (χ4v) is 1.31. The summed E-state index contributed by atoms with van der Waals surface area (Å²) in [5.41, 5.74) is -0.430. The van der Waals surface area contributed by atoms with Crippen LogP contribution in [0.4, 0.5) is 0 Å². The van der Waals surface area contributed by atoms with E-state index in [1.165, 1.54) is 0 Å². The van der Waals surface area contributed by atoms with Gasteiger partial charge in [0, 0.05) is 0 Å². The molecule has 0 unspecified atom stereocenters. The highest BCUT2D eigenvalue weighted by Gasteiger charge is 2.21. The Morgan fingerprint density at radius 2 is 1.10 bits per heavy atom. The number of rotatable bonds is 4. The second kappa shape index (κ2) is 7.61. The molecule has 0 aliphatic heterocycles. The molecule has 0 aliphatic rings. The first kappa shape index (κ1) is 21.9. The molecule has 0 aliphatic carbocycles. The Labute approximate surface area is 118 Å². The minimum Gasteiger partial charge on any atom is -0.263 e. The van der Waals surface area contributed by atoms with Gasteiger partial charge in [-0.1, -0.05) is 7.96 Å². The zero-order valence-corrected chi connectivity index (χ0v) is 13.6. The third-order valence-electron chi connectivity index (χ3n) is 0.802. The summed E-state index contributed by atoms with van der Waals surface area (Å²) in [5, 5.41) is 7.37. The quantitative estimate of drug-likeness (QED) is 0.433. The van der Waals surface area contributed by atoms with Gasteiger partial charge in [0.1, 0.15) is 0 Å². The van der Waals surface area contributed by atoms with Gasteiger partial charge in [-0.25, -0.2) is 15.0 Å². The largest absolute Gasteiger partial charge is 0.442 e. The number of hydrogen-bond acceptors (Lipinski definition) is 9. The fourth-order valence-electron chi connectivity index (χ4n) is 0.368. The van der Waals surface area contributed by atoms with Gasteiger partial charge in [-0.3, -0.25) is 4.55 Å². The van der Waals surface area contributed by atoms with Gasteiger partial charge in [-0.05, 0) is 41.5 Å². The number of hydrogen-bond donors (Lipinski definition) is 2. The van der Waals surface area contributed by atoms with Crippen LogP contribution in [0.1, 0.15) is 41.5 Å². The molecule has 0 bridgehead atoms. The Hall–Kier alpha value is -0.340. The molecule has 0 aromatic carbocycles. The summed E-state index contributed by atoms with van der Waals surface area (Å²) in [6.07, 6.45) is 0. The zero-order valence-electron chi connectivity index (χ0n) is 12.0. The van der Waals surface area contributed by atoms with Gasteiger partial charge < -0.3 is 0 Å². The predicted octanol–water partition coefficient (Wildman–Crippen LogP) is 1.07. The molecule has 12 heteroatoms. The minimum absolute atomic E-state index is 0.215. The minimum atomic E-state index is -5.17. The van der Waals surface area contributed by atoms with Crippen LogP contribution in [0.2, 0.25) is 0 Å². The van der Waals surface area contributed by atoms with E-state index in [2.05, 4.69) is 7.96 Å². The maximum Gasteiger partial charge on any atom is 0.442 e. The molecule has 0 fully saturated rings. The SMILES string of the molecule is CC(C)(C)OOC(C)(C)C.O=S(=O)(O)OS(=O)(=O)OO. The van der Waals surface area contributed by atoms with E-state index in [1.807, 2.05) is 41.5 Å². The highest BCUT2D eigenvalue weighted by molar-refractivity contribution is 7.94. The Bertz CT molecular complexity index is 450. The smallest absolute Gasteiger partial charge is 0.263 e. The first-order chi connectivity index (χ1) is 8.47. The standard InChI is InChI=1S/C8H18O2.H2O8S2/c1-7(2,3)9-10-8(4,5)6;1-7-10(5,6)8-9(2,3)4/h1-6H3;1H,(H,2,3,4). The molecule has 0 rings (SSSR count). The van der Waals surface area contributed by atoms with Crippen LogP contribution >= 0.6 is 0 Å². The molecule has 0 aromatic heterocycles. The van der Waals surface area contributed by atoms with Crippen molar-refractivity contribution >= 4 is 20.8 Å². The van der Waals surface area contributed by atoms with Crippen LogP contribution in [-0.4, -0.2) is 37.8 Å². The third-order valence-corrected chi connectivity index (χ3v) is 2.34. The maximum absolute atomic E-state index is 9.78. The molecule has 124 valence electrons. The van der Waals surface area contributed by atoms with Crippen LogP contribution in [0.15, 0.2) is 0 Å². The highest BCUT2D eigenvalue weighted by atomic mass is 32.3. The molecule has 0 spiro atoms. The average molecular weight is 340 g/mol. The van der Waals surface area contributed by atoms with E-state index in [1.54, 1.807) is 0 Å². The highest BCUT2D eigenvalue weighted by Crippen LogP contribution is 2.14. The van der Waals surface area contributed by atoms with Crippen LogP contribution in [-0.2, 0) is 38.5 Å². The second-order valence-corrected chi connectivity index (χ2v) is 7.74. The summed E-state index contributed by atoms with van der Waals surface area (Å²) in [6.45, 7) is 11.7. The van der Waals surface area contributed by atoms with Crippen molar-refractivity contribution in [1.29, 1.82) is 0 Å². The fraction of sp³-hybridized carbons (Fsp3) is 1.00. The monoisotopic (exact) mass is 340 g/mol. The topological polar surface area (TPSA) is 146 Å². The van der Waals surface area contributed by atoms with E-state index >= 15 is 0 Å². The molecular formula is C8H20O10S2. The van der Waals surface area contributed by atoms with Crippen molar-refractivity contribution < 1.29 is 44.4 Å². The molecule has 2 N–H and O–H groups in total. The van der Waals surface area contributed by atoms with Gasteiger partial charge in [-0.15, -0.1) is 0 Å². The molecule has 10 nitrogen and oxygen atoms in total. The third kappa shape index (κ3) is 20.0. The normalized spacial score (nSPS) is 13.6. The van der Waals surface area contributed by atoms with E-state index in [9.17, 15) is 16.8 Å². The summed E-state index contributed by atoms with van der Waals surface area (Å²) in [4.78, 5) is 10.2. The Balaban J connectivity index is 0. The van der Waals surface area contributed by atoms with Crippen LogP contribution in [0, 0.1) is 0 Å². The molecule has 20 heavy (non-hydrogen) atoms. The molecule has 0 amide bonds. The molecule has 0 radical (unpaired) electrons. The first-order valence-electron chi connectivity index (χ1n) is 5.11. The van der Waals surface area contributed by atoms with Crippen LogP contribution in [0.3, 0.4) is 0 Å². The average Bonchev–Trinajstić information content (AvgIpc) is 2.10. The summed E-state index contributed by atoms with van der Waals surface area (Å²) >= 11 is 0. The Morgan fingerprint density at radius 3 is 1.20 bits per heavy atom. The molecule has 0 heterocycles. The predicted molar refractivity (Wildman–Crippen MR) is 66.9 cm³/mol. The van der Waals surface area contributed by atoms with Gasteiger partial charge in [0.05, 0.1) is 11.2 Å². The zero-order chi connectivity index (χ0) is 16.8. The molecule has 0 saturated heterocycles. The van der Waals surface area contributed by atoms with Crippen molar-refractivity contribution in [2.45, 2.75) is 52.7 Å². The van der Waals surface area contributed by atoms with Gasteiger partial charge in [0.2, 0.25) is 0 Å². The summed E-state index contributed by atoms with van der Waals surface area (Å²) < 4.78 is 51.7. The van der Waals surface area contributed by atoms with Gasteiger partial charge >= 0.3 is 20.8 Å². The van der Waals surface area contributed by atoms with E-state index in [-0.39, 0.29) is 11.2 Å². The molecule has 0 saturated carbocycles. The second-order valence-electron chi connectivity index (χ2n) is 5.37. The lowest BCUT2D eigenvalue weighted by molar-refractivity contribution is -0.393. The van der Waals surface area contributed by atoms with Crippen LogP contribution in [0.25, 0.3) is 0 Å². The Kier molecular flexibility index (Phi) is 8.35. The molecule has 0 atom stereocenters. The van der Waals surface area contributed by atoms with Crippen LogP contribution < -0.4 is 0 Å². The first-order valence-corrected chi connectivity index (χ1v) is 7.81. The summed E-state index contributed by atoms with van der Waals surface area (Å²) in [5.74, 6) is 0. The van der Waals surface area contributed by atoms with Crippen molar-refractivity contribution in [3.63, 3.8) is 0 Å². The Morgan fingerprint density at radius 1 is 0.800 bits per heavy atom. The lowest BCUT2D eigenvalue weighted by atomic mass is 10.2. The lowest BCUT2D eigenvalue weighted by Gasteiger charge is -2.24. The van der Waals surface area contributed by atoms with Crippen LogP contribution in [0.5, 0.6) is 0 Å². The molecule has 0 aromatic rings. The lowest BCUT2D eigenvalue weighted by Crippen LogP contribution is -2.27. The summed E-state index contributed by atoms with van der Waals surface area (Å²) in [6, 6.07) is 0. The van der Waals surface area contributed by atoms with E-state index in [0.717, 1.165) is 0 Å². The van der Waals surface area contributed by atoms with Gasteiger partial charge in [0.15, 0.2) is 0 Å². The van der Waals surface area contributed by atoms with Crippen molar-refractivity contribution in [3.05, 3.63) is 0 Å². The van der Waals surface area contributed by atoms with E-state index in [4.69, 9.17) is 19.6 Å². The maximum atomic E-state index is 9.78. The van der Waals surface area contributed by atoms with Crippen molar-refractivity contribution in [3.8, 4) is 0 Å². The van der Waals surface area contributed by atoms with Crippen molar-refractivity contribution in [2.75, 3.05) is 0 Å². The van der Waals surface area contributed by atoms with Gasteiger partial charge in [-0.2, -0.15) is 16.8 Å². The molecular weight excluding hydrogens is 320 g/mol.